The minimum Gasteiger partial charge on any atom is -0.393 e. The molecule has 0 amide bonds. The first kappa shape index (κ1) is 13.4. The van der Waals surface area contributed by atoms with E-state index in [0.29, 0.717) is 13.0 Å². The second-order valence-electron chi connectivity index (χ2n) is 4.06. The van der Waals surface area contributed by atoms with Crippen LogP contribution in [0.25, 0.3) is 0 Å². The van der Waals surface area contributed by atoms with Crippen LogP contribution in [0.4, 0.5) is 11.5 Å². The number of aryl methyl sites for hydroxylation is 1. The van der Waals surface area contributed by atoms with Crippen molar-refractivity contribution in [1.82, 2.24) is 4.98 Å². The van der Waals surface area contributed by atoms with Gasteiger partial charge in [0.2, 0.25) is 5.82 Å². The van der Waals surface area contributed by atoms with Crippen LogP contribution in [0.5, 0.6) is 0 Å². The third-order valence-electron chi connectivity index (χ3n) is 2.29. The number of aromatic nitrogens is 1. The Morgan fingerprint density at radius 3 is 2.94 bits per heavy atom. The van der Waals surface area contributed by atoms with E-state index in [4.69, 9.17) is 5.11 Å². The van der Waals surface area contributed by atoms with Gasteiger partial charge in [-0.2, -0.15) is 0 Å². The van der Waals surface area contributed by atoms with Crippen molar-refractivity contribution >= 4 is 11.5 Å². The first-order chi connectivity index (χ1) is 8.00. The summed E-state index contributed by atoms with van der Waals surface area (Å²) in [6.45, 7) is 4.03. The van der Waals surface area contributed by atoms with Crippen LogP contribution in [0.15, 0.2) is 12.3 Å². The van der Waals surface area contributed by atoms with Crippen LogP contribution in [-0.4, -0.2) is 27.7 Å². The van der Waals surface area contributed by atoms with E-state index < -0.39 is 4.92 Å². The second kappa shape index (κ2) is 6.15. The SMILES string of the molecule is Cc1cnc(NCCCC(C)O)c([N+](=O)[O-])c1. The molecule has 0 fully saturated rings. The molecule has 1 rings (SSSR count). The highest BCUT2D eigenvalue weighted by Crippen LogP contribution is 2.22. The Balaban J connectivity index is 2.61. The molecule has 1 unspecified atom stereocenters. The number of rotatable bonds is 6. The minimum atomic E-state index is -0.447. The molecular formula is C11H17N3O3. The van der Waals surface area contributed by atoms with E-state index in [0.717, 1.165) is 12.0 Å². The van der Waals surface area contributed by atoms with Crippen LogP contribution in [-0.2, 0) is 0 Å². The molecule has 0 radical (unpaired) electrons. The number of pyridine rings is 1. The van der Waals surface area contributed by atoms with E-state index >= 15 is 0 Å². The fourth-order valence-corrected chi connectivity index (χ4v) is 1.43. The molecular weight excluding hydrogens is 222 g/mol. The Morgan fingerprint density at radius 1 is 1.65 bits per heavy atom. The summed E-state index contributed by atoms with van der Waals surface area (Å²) < 4.78 is 0. The Hall–Kier alpha value is -1.69. The fourth-order valence-electron chi connectivity index (χ4n) is 1.43. The largest absolute Gasteiger partial charge is 0.393 e. The molecule has 1 atom stereocenters. The Labute approximate surface area is 99.8 Å². The standard InChI is InChI=1S/C11H17N3O3/c1-8-6-10(14(16)17)11(13-7-8)12-5-3-4-9(2)15/h6-7,9,15H,3-5H2,1-2H3,(H,12,13). The van der Waals surface area contributed by atoms with Crippen molar-refractivity contribution < 1.29 is 10.0 Å². The number of nitrogens with one attached hydrogen (secondary N) is 1. The zero-order chi connectivity index (χ0) is 12.8. The minimum absolute atomic E-state index is 0.0120. The summed E-state index contributed by atoms with van der Waals surface area (Å²) in [6, 6.07) is 1.49. The molecule has 0 aliphatic carbocycles. The zero-order valence-electron chi connectivity index (χ0n) is 10.0. The van der Waals surface area contributed by atoms with Crippen LogP contribution in [0, 0.1) is 17.0 Å². The van der Waals surface area contributed by atoms with Gasteiger partial charge < -0.3 is 10.4 Å². The van der Waals surface area contributed by atoms with Crippen LogP contribution < -0.4 is 5.32 Å². The maximum absolute atomic E-state index is 10.8. The summed E-state index contributed by atoms with van der Waals surface area (Å²) in [5.74, 6) is 0.284. The smallest absolute Gasteiger partial charge is 0.311 e. The third kappa shape index (κ3) is 4.36. The molecule has 0 aliphatic rings. The molecule has 17 heavy (non-hydrogen) atoms. The van der Waals surface area contributed by atoms with Crippen molar-refractivity contribution in [3.8, 4) is 0 Å². The first-order valence-corrected chi connectivity index (χ1v) is 5.53. The first-order valence-electron chi connectivity index (χ1n) is 5.53. The van der Waals surface area contributed by atoms with Gasteiger partial charge in [-0.15, -0.1) is 0 Å². The Bertz CT molecular complexity index is 394. The number of nitro groups is 1. The molecule has 6 nitrogen and oxygen atoms in total. The highest BCUT2D eigenvalue weighted by molar-refractivity contribution is 5.56. The van der Waals surface area contributed by atoms with E-state index in [1.807, 2.05) is 0 Å². The van der Waals surface area contributed by atoms with Crippen LogP contribution >= 0.6 is 0 Å². The molecule has 0 saturated heterocycles. The second-order valence-corrected chi connectivity index (χ2v) is 4.06. The maximum atomic E-state index is 10.8. The number of hydrogen-bond donors (Lipinski definition) is 2. The Morgan fingerprint density at radius 2 is 2.35 bits per heavy atom. The van der Waals surface area contributed by atoms with Crippen molar-refractivity contribution in [3.05, 3.63) is 27.9 Å². The summed E-state index contributed by atoms with van der Waals surface area (Å²) in [5.41, 5.74) is 0.744. The van der Waals surface area contributed by atoms with Crippen LogP contribution in [0.3, 0.4) is 0 Å². The lowest BCUT2D eigenvalue weighted by molar-refractivity contribution is -0.384. The summed E-state index contributed by atoms with van der Waals surface area (Å²) >= 11 is 0. The van der Waals surface area contributed by atoms with Gasteiger partial charge in [0.1, 0.15) is 0 Å². The number of hydrogen-bond acceptors (Lipinski definition) is 5. The van der Waals surface area contributed by atoms with Crippen molar-refractivity contribution in [2.45, 2.75) is 32.8 Å². The van der Waals surface area contributed by atoms with Crippen LogP contribution in [0.2, 0.25) is 0 Å². The predicted octanol–water partition coefficient (Wildman–Crippen LogP) is 1.87. The average molecular weight is 239 g/mol. The fraction of sp³-hybridized carbons (Fsp3) is 0.545. The topological polar surface area (TPSA) is 88.3 Å². The predicted molar refractivity (Wildman–Crippen MR) is 65.0 cm³/mol. The number of aliphatic hydroxyl groups is 1. The van der Waals surface area contributed by atoms with Crippen molar-refractivity contribution in [2.24, 2.45) is 0 Å². The highest BCUT2D eigenvalue weighted by Gasteiger charge is 2.14. The van der Waals surface area contributed by atoms with Gasteiger partial charge in [0.15, 0.2) is 0 Å². The van der Waals surface area contributed by atoms with Crippen molar-refractivity contribution in [2.75, 3.05) is 11.9 Å². The van der Waals surface area contributed by atoms with Gasteiger partial charge in [0.25, 0.3) is 0 Å². The lowest BCUT2D eigenvalue weighted by Gasteiger charge is -2.07. The maximum Gasteiger partial charge on any atom is 0.311 e. The molecule has 1 heterocycles. The molecule has 0 bridgehead atoms. The van der Waals surface area contributed by atoms with E-state index in [2.05, 4.69) is 10.3 Å². The molecule has 1 aromatic heterocycles. The highest BCUT2D eigenvalue weighted by atomic mass is 16.6. The molecule has 0 spiro atoms. The van der Waals surface area contributed by atoms with E-state index in [1.54, 1.807) is 20.0 Å². The Kier molecular flexibility index (Phi) is 4.84. The van der Waals surface area contributed by atoms with E-state index in [1.165, 1.54) is 6.07 Å². The molecule has 6 heteroatoms. The van der Waals surface area contributed by atoms with E-state index in [-0.39, 0.29) is 17.6 Å². The van der Waals surface area contributed by atoms with Crippen LogP contribution in [0.1, 0.15) is 25.3 Å². The van der Waals surface area contributed by atoms with Gasteiger partial charge in [0, 0.05) is 18.8 Å². The quantitative estimate of drug-likeness (QED) is 0.449. The molecule has 2 N–H and O–H groups in total. The molecule has 0 aliphatic heterocycles. The normalized spacial score (nSPS) is 12.2. The zero-order valence-corrected chi connectivity index (χ0v) is 10.0. The number of aliphatic hydroxyl groups excluding tert-OH is 1. The van der Waals surface area contributed by atoms with Gasteiger partial charge in [0.05, 0.1) is 11.0 Å². The van der Waals surface area contributed by atoms with Gasteiger partial charge in [-0.1, -0.05) is 0 Å². The molecule has 94 valence electrons. The summed E-state index contributed by atoms with van der Waals surface area (Å²) in [6.07, 6.45) is 2.64. The van der Waals surface area contributed by atoms with E-state index in [9.17, 15) is 10.1 Å². The van der Waals surface area contributed by atoms with Gasteiger partial charge in [-0.05, 0) is 32.3 Å². The third-order valence-corrected chi connectivity index (χ3v) is 2.29. The number of anilines is 1. The molecule has 0 saturated carbocycles. The monoisotopic (exact) mass is 239 g/mol. The molecule has 0 aromatic carbocycles. The van der Waals surface area contributed by atoms with Gasteiger partial charge in [-0.25, -0.2) is 4.98 Å². The summed E-state index contributed by atoms with van der Waals surface area (Å²) in [4.78, 5) is 14.4. The summed E-state index contributed by atoms with van der Waals surface area (Å²) in [7, 11) is 0. The van der Waals surface area contributed by atoms with Gasteiger partial charge >= 0.3 is 5.69 Å². The summed E-state index contributed by atoms with van der Waals surface area (Å²) in [5, 5.41) is 22.8. The average Bonchev–Trinajstić information content (AvgIpc) is 2.25. The lowest BCUT2D eigenvalue weighted by Crippen LogP contribution is -2.09. The lowest BCUT2D eigenvalue weighted by atomic mass is 10.2. The number of nitrogens with zero attached hydrogens (tertiary/aromatic N) is 2. The van der Waals surface area contributed by atoms with Gasteiger partial charge in [-0.3, -0.25) is 10.1 Å². The van der Waals surface area contributed by atoms with Crippen molar-refractivity contribution in [3.63, 3.8) is 0 Å². The van der Waals surface area contributed by atoms with Crippen molar-refractivity contribution in [1.29, 1.82) is 0 Å². The molecule has 1 aromatic rings.